The molecule has 2 rings (SSSR count). The van der Waals surface area contributed by atoms with Gasteiger partial charge in [0.1, 0.15) is 0 Å². The van der Waals surface area contributed by atoms with Crippen molar-refractivity contribution in [2.45, 2.75) is 19.8 Å². The Morgan fingerprint density at radius 3 is 2.92 bits per heavy atom. The Balaban J connectivity index is 2.78. The Morgan fingerprint density at radius 1 is 1.46 bits per heavy atom. The van der Waals surface area contributed by atoms with E-state index >= 15 is 0 Å². The van der Waals surface area contributed by atoms with E-state index < -0.39 is 0 Å². The highest BCUT2D eigenvalue weighted by molar-refractivity contribution is 5.82. The largest absolute Gasteiger partial charge is 0.339 e. The Labute approximate surface area is 77.2 Å². The summed E-state index contributed by atoms with van der Waals surface area (Å²) in [4.78, 5) is 4.24. The van der Waals surface area contributed by atoms with Gasteiger partial charge in [-0.3, -0.25) is 9.66 Å². The van der Waals surface area contributed by atoms with Gasteiger partial charge in [0.15, 0.2) is 0 Å². The van der Waals surface area contributed by atoms with Crippen LogP contribution in [0, 0.1) is 0 Å². The zero-order valence-corrected chi connectivity index (χ0v) is 7.86. The molecule has 0 amide bonds. The number of rotatable bonds is 1. The molecule has 2 aromatic rings. The van der Waals surface area contributed by atoms with Crippen molar-refractivity contribution in [1.29, 1.82) is 0 Å². The van der Waals surface area contributed by atoms with Crippen molar-refractivity contribution in [3.8, 4) is 0 Å². The number of hydrogen-bond acceptors (Lipinski definition) is 2. The van der Waals surface area contributed by atoms with E-state index in [1.54, 1.807) is 10.9 Å². The maximum absolute atomic E-state index is 5.83. The minimum Gasteiger partial charge on any atom is -0.339 e. The van der Waals surface area contributed by atoms with Crippen LogP contribution in [0.2, 0.25) is 0 Å². The van der Waals surface area contributed by atoms with Gasteiger partial charge in [-0.2, -0.15) is 0 Å². The molecule has 0 aliphatic rings. The van der Waals surface area contributed by atoms with Crippen molar-refractivity contribution >= 4 is 10.9 Å². The molecule has 2 heterocycles. The summed E-state index contributed by atoms with van der Waals surface area (Å²) in [6.45, 7) is 4.26. The van der Waals surface area contributed by atoms with Gasteiger partial charge < -0.3 is 5.84 Å². The molecule has 0 aromatic carbocycles. The van der Waals surface area contributed by atoms with E-state index in [-0.39, 0.29) is 0 Å². The number of hydrogen-bond donors (Lipinski definition) is 1. The number of nitrogen functional groups attached to an aromatic ring is 1. The molecule has 13 heavy (non-hydrogen) atoms. The monoisotopic (exact) mass is 175 g/mol. The zero-order chi connectivity index (χ0) is 9.42. The van der Waals surface area contributed by atoms with Crippen LogP contribution in [-0.4, -0.2) is 9.66 Å². The first-order valence-electron chi connectivity index (χ1n) is 4.41. The molecule has 0 aliphatic heterocycles. The average Bonchev–Trinajstić information content (AvgIpc) is 2.39. The fourth-order valence-electron chi connectivity index (χ4n) is 1.69. The second-order valence-corrected chi connectivity index (χ2v) is 3.51. The van der Waals surface area contributed by atoms with Crippen LogP contribution >= 0.6 is 0 Å². The molecule has 2 aromatic heterocycles. The molecule has 68 valence electrons. The van der Waals surface area contributed by atoms with Crippen molar-refractivity contribution < 1.29 is 0 Å². The zero-order valence-electron chi connectivity index (χ0n) is 7.86. The lowest BCUT2D eigenvalue weighted by Crippen LogP contribution is -2.11. The van der Waals surface area contributed by atoms with Crippen LogP contribution in [0.5, 0.6) is 0 Å². The van der Waals surface area contributed by atoms with Gasteiger partial charge in [-0.05, 0) is 18.1 Å². The minimum absolute atomic E-state index is 0.423. The van der Waals surface area contributed by atoms with E-state index in [1.807, 2.05) is 12.3 Å². The molecule has 0 spiro atoms. The smallest absolute Gasteiger partial charge is 0.0902 e. The van der Waals surface area contributed by atoms with E-state index in [1.165, 1.54) is 0 Å². The lowest BCUT2D eigenvalue weighted by atomic mass is 10.1. The Morgan fingerprint density at radius 2 is 2.23 bits per heavy atom. The minimum atomic E-state index is 0.423. The molecule has 0 atom stereocenters. The summed E-state index contributed by atoms with van der Waals surface area (Å²) >= 11 is 0. The van der Waals surface area contributed by atoms with Gasteiger partial charge in [0.05, 0.1) is 17.4 Å². The highest BCUT2D eigenvalue weighted by Gasteiger charge is 2.10. The molecule has 0 saturated heterocycles. The standard InChI is InChI=1S/C10H13N3/c1-7(2)10-8-4-3-5-12-9(8)6-13(10)11/h3-7H,11H2,1-2H3. The van der Waals surface area contributed by atoms with Crippen molar-refractivity contribution in [3.63, 3.8) is 0 Å². The third kappa shape index (κ3) is 1.16. The number of fused-ring (bicyclic) bond motifs is 1. The van der Waals surface area contributed by atoms with Crippen LogP contribution in [-0.2, 0) is 0 Å². The maximum atomic E-state index is 5.83. The Kier molecular flexibility index (Phi) is 1.72. The van der Waals surface area contributed by atoms with Gasteiger partial charge in [0.2, 0.25) is 0 Å². The topological polar surface area (TPSA) is 43.8 Å². The predicted molar refractivity (Wildman–Crippen MR) is 54.0 cm³/mol. The molecule has 2 N–H and O–H groups in total. The fourth-order valence-corrected chi connectivity index (χ4v) is 1.69. The van der Waals surface area contributed by atoms with Crippen molar-refractivity contribution in [3.05, 3.63) is 30.2 Å². The molecule has 3 heteroatoms. The van der Waals surface area contributed by atoms with Crippen LogP contribution in [0.3, 0.4) is 0 Å². The predicted octanol–water partition coefficient (Wildman–Crippen LogP) is 1.87. The number of nitrogens with two attached hydrogens (primary N) is 1. The van der Waals surface area contributed by atoms with Gasteiger partial charge in [-0.25, -0.2) is 0 Å². The number of nitrogens with zero attached hydrogens (tertiary/aromatic N) is 2. The summed E-state index contributed by atoms with van der Waals surface area (Å²) < 4.78 is 1.67. The van der Waals surface area contributed by atoms with Gasteiger partial charge in [-0.15, -0.1) is 0 Å². The summed E-state index contributed by atoms with van der Waals surface area (Å²) in [5.74, 6) is 6.25. The summed E-state index contributed by atoms with van der Waals surface area (Å²) in [5, 5.41) is 1.15. The average molecular weight is 175 g/mol. The first kappa shape index (κ1) is 8.10. The number of pyridine rings is 1. The summed E-state index contributed by atoms with van der Waals surface area (Å²) in [7, 11) is 0. The molecular weight excluding hydrogens is 162 g/mol. The quantitative estimate of drug-likeness (QED) is 0.672. The lowest BCUT2D eigenvalue weighted by Gasteiger charge is -2.06. The van der Waals surface area contributed by atoms with E-state index in [9.17, 15) is 0 Å². The van der Waals surface area contributed by atoms with Crippen LogP contribution < -0.4 is 5.84 Å². The Bertz CT molecular complexity index is 429. The molecule has 0 aliphatic carbocycles. The van der Waals surface area contributed by atoms with Crippen molar-refractivity contribution in [1.82, 2.24) is 9.66 Å². The van der Waals surface area contributed by atoms with Gasteiger partial charge in [0, 0.05) is 11.6 Å². The molecule has 0 unspecified atom stereocenters. The fraction of sp³-hybridized carbons (Fsp3) is 0.300. The van der Waals surface area contributed by atoms with Gasteiger partial charge in [0.25, 0.3) is 0 Å². The summed E-state index contributed by atoms with van der Waals surface area (Å²) in [6, 6.07) is 4.00. The second-order valence-electron chi connectivity index (χ2n) is 3.51. The molecule has 0 fully saturated rings. The molecule has 3 nitrogen and oxygen atoms in total. The van der Waals surface area contributed by atoms with Gasteiger partial charge >= 0.3 is 0 Å². The normalized spacial score (nSPS) is 11.3. The maximum Gasteiger partial charge on any atom is 0.0902 e. The third-order valence-electron chi connectivity index (χ3n) is 2.20. The first-order chi connectivity index (χ1) is 6.20. The van der Waals surface area contributed by atoms with Crippen LogP contribution in [0.1, 0.15) is 25.5 Å². The molecular formula is C10H13N3. The highest BCUT2D eigenvalue weighted by Crippen LogP contribution is 2.23. The SMILES string of the molecule is CC(C)c1c2cccnc2cn1N. The summed E-state index contributed by atoms with van der Waals surface area (Å²) in [5.41, 5.74) is 2.11. The number of aromatic nitrogens is 2. The summed E-state index contributed by atoms with van der Waals surface area (Å²) in [6.07, 6.45) is 3.65. The van der Waals surface area contributed by atoms with E-state index in [0.29, 0.717) is 5.92 Å². The molecule has 0 radical (unpaired) electrons. The van der Waals surface area contributed by atoms with E-state index in [2.05, 4.69) is 24.9 Å². The molecule has 0 bridgehead atoms. The van der Waals surface area contributed by atoms with Crippen LogP contribution in [0.4, 0.5) is 0 Å². The first-order valence-corrected chi connectivity index (χ1v) is 4.41. The highest BCUT2D eigenvalue weighted by atomic mass is 15.3. The van der Waals surface area contributed by atoms with Crippen molar-refractivity contribution in [2.75, 3.05) is 5.84 Å². The molecule has 0 saturated carbocycles. The van der Waals surface area contributed by atoms with E-state index in [0.717, 1.165) is 16.6 Å². The van der Waals surface area contributed by atoms with Gasteiger partial charge in [-0.1, -0.05) is 13.8 Å². The van der Waals surface area contributed by atoms with Crippen LogP contribution in [0.15, 0.2) is 24.5 Å². The third-order valence-corrected chi connectivity index (χ3v) is 2.20. The van der Waals surface area contributed by atoms with E-state index in [4.69, 9.17) is 5.84 Å². The Hall–Kier alpha value is -1.51. The lowest BCUT2D eigenvalue weighted by molar-refractivity contribution is 0.777. The van der Waals surface area contributed by atoms with Crippen molar-refractivity contribution in [2.24, 2.45) is 0 Å². The second kappa shape index (κ2) is 2.76. The van der Waals surface area contributed by atoms with Crippen LogP contribution in [0.25, 0.3) is 10.9 Å².